The summed E-state index contributed by atoms with van der Waals surface area (Å²) in [5, 5.41) is 12.5. The highest BCUT2D eigenvalue weighted by molar-refractivity contribution is 7.98. The van der Waals surface area contributed by atoms with Crippen LogP contribution in [-0.2, 0) is 6.42 Å². The van der Waals surface area contributed by atoms with E-state index >= 15 is 0 Å². The molecule has 0 spiro atoms. The molecule has 0 bridgehead atoms. The third-order valence-corrected chi connectivity index (χ3v) is 4.45. The quantitative estimate of drug-likeness (QED) is 0.766. The van der Waals surface area contributed by atoms with Crippen LogP contribution in [0.1, 0.15) is 21.6 Å². The molecule has 1 amide bonds. The maximum atomic E-state index is 12.4. The van der Waals surface area contributed by atoms with E-state index in [1.54, 1.807) is 18.0 Å². The Hall–Kier alpha value is -1.85. The number of aromatic nitrogens is 1. The number of nitrogens with zero attached hydrogens (tertiary/aromatic N) is 1. The van der Waals surface area contributed by atoms with Gasteiger partial charge in [0.15, 0.2) is 0 Å². The number of benzene rings is 1. The zero-order chi connectivity index (χ0) is 16.7. The minimum Gasteiger partial charge on any atom is -0.396 e. The first-order valence-electron chi connectivity index (χ1n) is 7.57. The lowest BCUT2D eigenvalue weighted by molar-refractivity contribution is 0.0939. The zero-order valence-corrected chi connectivity index (χ0v) is 14.3. The number of aliphatic hydroxyl groups excluding tert-OH is 1. The Morgan fingerprint density at radius 2 is 2.17 bits per heavy atom. The Kier molecular flexibility index (Phi) is 6.62. The average molecular weight is 330 g/mol. The van der Waals surface area contributed by atoms with Gasteiger partial charge in [0, 0.05) is 41.4 Å². The lowest BCUT2D eigenvalue weighted by Gasteiger charge is -2.15. The Balaban J connectivity index is 1.97. The van der Waals surface area contributed by atoms with E-state index in [1.165, 1.54) is 0 Å². The van der Waals surface area contributed by atoms with E-state index in [4.69, 9.17) is 0 Å². The van der Waals surface area contributed by atoms with Crippen LogP contribution in [0.25, 0.3) is 0 Å². The van der Waals surface area contributed by atoms with Gasteiger partial charge in [-0.3, -0.25) is 9.78 Å². The molecular weight excluding hydrogens is 308 g/mol. The van der Waals surface area contributed by atoms with Gasteiger partial charge in [0.05, 0.1) is 0 Å². The third-order valence-electron chi connectivity index (χ3n) is 3.72. The summed E-state index contributed by atoms with van der Waals surface area (Å²) in [6.45, 7) is 2.37. The summed E-state index contributed by atoms with van der Waals surface area (Å²) < 4.78 is 0. The largest absolute Gasteiger partial charge is 0.396 e. The molecule has 0 radical (unpaired) electrons. The molecular formula is C18H22N2O2S. The molecule has 1 heterocycles. The number of carbonyl (C=O) groups excluding carboxylic acids is 1. The first-order chi connectivity index (χ1) is 11.1. The fraction of sp³-hybridized carbons (Fsp3) is 0.333. The number of aryl methyl sites for hydroxylation is 1. The van der Waals surface area contributed by atoms with Crippen LogP contribution in [0.15, 0.2) is 47.5 Å². The molecule has 2 N–H and O–H groups in total. The molecule has 23 heavy (non-hydrogen) atoms. The normalized spacial score (nSPS) is 12.0. The van der Waals surface area contributed by atoms with Gasteiger partial charge in [0.25, 0.3) is 5.91 Å². The van der Waals surface area contributed by atoms with E-state index in [9.17, 15) is 9.90 Å². The van der Waals surface area contributed by atoms with Crippen molar-refractivity contribution in [3.63, 3.8) is 0 Å². The van der Waals surface area contributed by atoms with Gasteiger partial charge in [0.1, 0.15) is 0 Å². The van der Waals surface area contributed by atoms with Crippen molar-refractivity contribution in [2.75, 3.05) is 19.4 Å². The Labute approximate surface area is 141 Å². The van der Waals surface area contributed by atoms with Crippen molar-refractivity contribution < 1.29 is 9.90 Å². The maximum Gasteiger partial charge on any atom is 0.251 e. The van der Waals surface area contributed by atoms with Gasteiger partial charge in [-0.2, -0.15) is 0 Å². The van der Waals surface area contributed by atoms with Gasteiger partial charge < -0.3 is 10.4 Å². The molecule has 122 valence electrons. The zero-order valence-electron chi connectivity index (χ0n) is 13.5. The van der Waals surface area contributed by atoms with Gasteiger partial charge in [-0.1, -0.05) is 12.1 Å². The standard InChI is InChI=1S/C18H22N2O2S/c1-13-6-7-16(23-2)10-17(13)18(22)20-11-14(12-21)9-15-5-3-4-8-19-15/h3-8,10,14,21H,9,11-12H2,1-2H3,(H,20,22). The number of nitrogens with one attached hydrogen (secondary N) is 1. The topological polar surface area (TPSA) is 62.2 Å². The molecule has 1 unspecified atom stereocenters. The Morgan fingerprint density at radius 1 is 1.35 bits per heavy atom. The summed E-state index contributed by atoms with van der Waals surface area (Å²) in [4.78, 5) is 17.7. The van der Waals surface area contributed by atoms with Crippen LogP contribution >= 0.6 is 11.8 Å². The van der Waals surface area contributed by atoms with E-state index in [-0.39, 0.29) is 18.4 Å². The van der Waals surface area contributed by atoms with Crippen LogP contribution in [0.5, 0.6) is 0 Å². The van der Waals surface area contributed by atoms with Crippen molar-refractivity contribution in [1.82, 2.24) is 10.3 Å². The molecule has 0 aliphatic carbocycles. The smallest absolute Gasteiger partial charge is 0.251 e. The van der Waals surface area contributed by atoms with E-state index in [0.29, 0.717) is 18.5 Å². The second kappa shape index (κ2) is 8.70. The van der Waals surface area contributed by atoms with Crippen molar-refractivity contribution in [3.8, 4) is 0 Å². The monoisotopic (exact) mass is 330 g/mol. The highest BCUT2D eigenvalue weighted by Crippen LogP contribution is 2.19. The summed E-state index contributed by atoms with van der Waals surface area (Å²) >= 11 is 1.61. The Morgan fingerprint density at radius 3 is 2.83 bits per heavy atom. The predicted octanol–water partition coefficient (Wildman–Crippen LogP) is 2.69. The molecule has 0 saturated heterocycles. The molecule has 0 saturated carbocycles. The Bertz CT molecular complexity index is 647. The lowest BCUT2D eigenvalue weighted by atomic mass is 10.0. The minimum atomic E-state index is -0.0992. The van der Waals surface area contributed by atoms with E-state index in [2.05, 4.69) is 10.3 Å². The number of hydrogen-bond acceptors (Lipinski definition) is 4. The summed E-state index contributed by atoms with van der Waals surface area (Å²) in [7, 11) is 0. The molecule has 0 aliphatic heterocycles. The van der Waals surface area contributed by atoms with Gasteiger partial charge in [-0.05, 0) is 49.4 Å². The van der Waals surface area contributed by atoms with E-state index < -0.39 is 0 Å². The van der Waals surface area contributed by atoms with Crippen LogP contribution < -0.4 is 5.32 Å². The molecule has 4 nitrogen and oxygen atoms in total. The fourth-order valence-electron chi connectivity index (χ4n) is 2.32. The summed E-state index contributed by atoms with van der Waals surface area (Å²) in [5.41, 5.74) is 2.55. The van der Waals surface area contributed by atoms with Crippen LogP contribution in [-0.4, -0.2) is 35.4 Å². The predicted molar refractivity (Wildman–Crippen MR) is 93.8 cm³/mol. The highest BCUT2D eigenvalue weighted by atomic mass is 32.2. The maximum absolute atomic E-state index is 12.4. The van der Waals surface area contributed by atoms with Crippen molar-refractivity contribution >= 4 is 17.7 Å². The second-order valence-corrected chi connectivity index (χ2v) is 6.34. The molecule has 0 fully saturated rings. The SMILES string of the molecule is CSc1ccc(C)c(C(=O)NCC(CO)Cc2ccccn2)c1. The lowest BCUT2D eigenvalue weighted by Crippen LogP contribution is -2.32. The second-order valence-electron chi connectivity index (χ2n) is 5.46. The van der Waals surface area contributed by atoms with Gasteiger partial charge in [0.2, 0.25) is 0 Å². The average Bonchev–Trinajstić information content (AvgIpc) is 2.59. The first kappa shape index (κ1) is 17.5. The molecule has 0 aliphatic rings. The third kappa shape index (κ3) is 5.08. The minimum absolute atomic E-state index is 0.0146. The van der Waals surface area contributed by atoms with E-state index in [0.717, 1.165) is 16.2 Å². The molecule has 1 aromatic heterocycles. The fourth-order valence-corrected chi connectivity index (χ4v) is 2.76. The molecule has 1 atom stereocenters. The van der Waals surface area contributed by atoms with Gasteiger partial charge >= 0.3 is 0 Å². The first-order valence-corrected chi connectivity index (χ1v) is 8.80. The van der Waals surface area contributed by atoms with Crippen molar-refractivity contribution in [1.29, 1.82) is 0 Å². The molecule has 2 aromatic rings. The van der Waals surface area contributed by atoms with Crippen LogP contribution in [0.4, 0.5) is 0 Å². The summed E-state index contributed by atoms with van der Waals surface area (Å²) in [6.07, 6.45) is 4.36. The number of amides is 1. The van der Waals surface area contributed by atoms with Crippen LogP contribution in [0.2, 0.25) is 0 Å². The van der Waals surface area contributed by atoms with Crippen molar-refractivity contribution in [2.24, 2.45) is 5.92 Å². The van der Waals surface area contributed by atoms with Crippen LogP contribution in [0.3, 0.4) is 0 Å². The van der Waals surface area contributed by atoms with E-state index in [1.807, 2.05) is 49.6 Å². The number of carbonyl (C=O) groups is 1. The number of pyridine rings is 1. The molecule has 5 heteroatoms. The number of aliphatic hydroxyl groups is 1. The summed E-state index contributed by atoms with van der Waals surface area (Å²) in [5.74, 6) is -0.143. The van der Waals surface area contributed by atoms with Crippen molar-refractivity contribution in [3.05, 3.63) is 59.4 Å². The summed E-state index contributed by atoms with van der Waals surface area (Å²) in [6, 6.07) is 11.6. The van der Waals surface area contributed by atoms with Crippen molar-refractivity contribution in [2.45, 2.75) is 18.2 Å². The number of thioether (sulfide) groups is 1. The van der Waals surface area contributed by atoms with Gasteiger partial charge in [-0.15, -0.1) is 11.8 Å². The number of hydrogen-bond donors (Lipinski definition) is 2. The van der Waals surface area contributed by atoms with Crippen LogP contribution in [0, 0.1) is 12.8 Å². The number of rotatable bonds is 7. The molecule has 1 aromatic carbocycles. The van der Waals surface area contributed by atoms with Gasteiger partial charge in [-0.25, -0.2) is 0 Å². The molecule has 2 rings (SSSR count). The highest BCUT2D eigenvalue weighted by Gasteiger charge is 2.14.